The van der Waals surface area contributed by atoms with Crippen LogP contribution in [-0.4, -0.2) is 37.1 Å². The van der Waals surface area contributed by atoms with Crippen molar-refractivity contribution in [2.75, 3.05) is 26.2 Å². The van der Waals surface area contributed by atoms with Crippen molar-refractivity contribution in [1.29, 1.82) is 0 Å². The van der Waals surface area contributed by atoms with E-state index in [1.165, 1.54) is 50.8 Å². The Morgan fingerprint density at radius 3 is 2.57 bits per heavy atom. The Morgan fingerprint density at radius 2 is 1.93 bits per heavy atom. The lowest BCUT2D eigenvalue weighted by Crippen LogP contribution is -2.33. The number of hydrogen-bond donors (Lipinski definition) is 1. The van der Waals surface area contributed by atoms with Crippen molar-refractivity contribution in [3.63, 3.8) is 0 Å². The molecule has 1 saturated heterocycles. The summed E-state index contributed by atoms with van der Waals surface area (Å²) in [6.45, 7) is 8.84. The number of hydrogen-bond acceptors (Lipinski definition) is 2. The normalized spacial score (nSPS) is 23.7. The van der Waals surface area contributed by atoms with Crippen LogP contribution in [0, 0.1) is 0 Å². The topological polar surface area (TPSA) is 15.3 Å². The van der Waals surface area contributed by atoms with E-state index in [1.54, 1.807) is 0 Å². The highest BCUT2D eigenvalue weighted by atomic mass is 15.1. The number of likely N-dealkylation sites (tertiary alicyclic amines) is 1. The fourth-order valence-electron chi connectivity index (χ4n) is 2.07. The highest BCUT2D eigenvalue weighted by molar-refractivity contribution is 5.02. The second-order valence-electron chi connectivity index (χ2n) is 4.74. The lowest BCUT2D eigenvalue weighted by atomic mass is 10.1. The summed E-state index contributed by atoms with van der Waals surface area (Å²) in [7, 11) is 0. The molecule has 2 aliphatic rings. The summed E-state index contributed by atoms with van der Waals surface area (Å²) in [5.41, 5.74) is 1.36. The summed E-state index contributed by atoms with van der Waals surface area (Å²) >= 11 is 0. The minimum atomic E-state index is 0.813. The van der Waals surface area contributed by atoms with E-state index in [0.717, 1.165) is 19.1 Å². The van der Waals surface area contributed by atoms with Gasteiger partial charge in [-0.3, -0.25) is 4.90 Å². The minimum Gasteiger partial charge on any atom is -0.310 e. The molecule has 0 atom stereocenters. The second kappa shape index (κ2) is 4.94. The molecule has 2 fully saturated rings. The van der Waals surface area contributed by atoms with Gasteiger partial charge in [-0.2, -0.15) is 0 Å². The molecular formula is C12H22N2. The Bertz CT molecular complexity index is 190. The molecule has 0 bridgehead atoms. The van der Waals surface area contributed by atoms with Crippen molar-refractivity contribution >= 4 is 0 Å². The van der Waals surface area contributed by atoms with Crippen LogP contribution in [0.3, 0.4) is 0 Å². The monoisotopic (exact) mass is 194 g/mol. The average molecular weight is 194 g/mol. The molecule has 0 unspecified atom stereocenters. The molecule has 0 aromatic rings. The molecule has 0 amide bonds. The van der Waals surface area contributed by atoms with Gasteiger partial charge in [-0.1, -0.05) is 13.0 Å². The fraction of sp³-hybridized carbons (Fsp3) is 0.833. The maximum atomic E-state index is 4.14. The van der Waals surface area contributed by atoms with Crippen LogP contribution in [0.15, 0.2) is 12.2 Å². The van der Waals surface area contributed by atoms with Crippen LogP contribution in [0.5, 0.6) is 0 Å². The van der Waals surface area contributed by atoms with Gasteiger partial charge in [-0.15, -0.1) is 0 Å². The van der Waals surface area contributed by atoms with E-state index in [9.17, 15) is 0 Å². The van der Waals surface area contributed by atoms with Gasteiger partial charge in [0.25, 0.3) is 0 Å². The summed E-state index contributed by atoms with van der Waals surface area (Å²) in [4.78, 5) is 2.54. The van der Waals surface area contributed by atoms with Gasteiger partial charge in [0, 0.05) is 19.1 Å². The lowest BCUT2D eigenvalue weighted by Gasteiger charge is -2.27. The first kappa shape index (κ1) is 10.2. The Morgan fingerprint density at radius 1 is 1.21 bits per heavy atom. The zero-order valence-electron chi connectivity index (χ0n) is 9.10. The van der Waals surface area contributed by atoms with Gasteiger partial charge in [-0.05, 0) is 44.3 Å². The van der Waals surface area contributed by atoms with Gasteiger partial charge < -0.3 is 5.32 Å². The summed E-state index contributed by atoms with van der Waals surface area (Å²) in [5, 5.41) is 3.52. The van der Waals surface area contributed by atoms with E-state index in [-0.39, 0.29) is 0 Å². The van der Waals surface area contributed by atoms with Gasteiger partial charge >= 0.3 is 0 Å². The summed E-state index contributed by atoms with van der Waals surface area (Å²) in [6.07, 6.45) is 6.92. The second-order valence-corrected chi connectivity index (χ2v) is 4.74. The van der Waals surface area contributed by atoms with Gasteiger partial charge in [0.1, 0.15) is 0 Å². The third-order valence-electron chi connectivity index (χ3n) is 3.11. The fourth-order valence-corrected chi connectivity index (χ4v) is 2.07. The Hall–Kier alpha value is -0.340. The predicted octanol–water partition coefficient (Wildman–Crippen LogP) is 1.78. The van der Waals surface area contributed by atoms with E-state index in [1.807, 2.05) is 0 Å². The lowest BCUT2D eigenvalue weighted by molar-refractivity contribution is 0.245. The van der Waals surface area contributed by atoms with E-state index in [4.69, 9.17) is 0 Å². The zero-order valence-corrected chi connectivity index (χ0v) is 9.10. The van der Waals surface area contributed by atoms with Crippen LogP contribution < -0.4 is 5.32 Å². The van der Waals surface area contributed by atoms with E-state index in [2.05, 4.69) is 16.8 Å². The number of piperidine rings is 1. The molecular weight excluding hydrogens is 172 g/mol. The Labute approximate surface area is 87.4 Å². The Kier molecular flexibility index (Phi) is 3.60. The maximum Gasteiger partial charge on any atom is 0.0202 e. The van der Waals surface area contributed by atoms with Crippen molar-refractivity contribution in [1.82, 2.24) is 10.2 Å². The summed E-state index contributed by atoms with van der Waals surface area (Å²) in [5.74, 6) is 0. The largest absolute Gasteiger partial charge is 0.310 e. The third-order valence-corrected chi connectivity index (χ3v) is 3.11. The van der Waals surface area contributed by atoms with Crippen LogP contribution in [0.1, 0.15) is 32.1 Å². The maximum absolute atomic E-state index is 4.14. The first-order valence-corrected chi connectivity index (χ1v) is 5.97. The molecule has 2 heteroatoms. The minimum absolute atomic E-state index is 0.813. The third kappa shape index (κ3) is 3.43. The van der Waals surface area contributed by atoms with Crippen molar-refractivity contribution < 1.29 is 0 Å². The molecule has 80 valence electrons. The number of nitrogens with zero attached hydrogens (tertiary/aromatic N) is 1. The average Bonchev–Trinajstić information content (AvgIpc) is 3.00. The molecule has 0 spiro atoms. The summed E-state index contributed by atoms with van der Waals surface area (Å²) < 4.78 is 0. The first-order chi connectivity index (χ1) is 6.84. The van der Waals surface area contributed by atoms with E-state index < -0.39 is 0 Å². The van der Waals surface area contributed by atoms with E-state index in [0.29, 0.717) is 0 Å². The number of nitrogens with one attached hydrogen (secondary N) is 1. The molecule has 0 radical (unpaired) electrons. The van der Waals surface area contributed by atoms with Crippen LogP contribution in [0.4, 0.5) is 0 Å². The molecule has 1 aliphatic carbocycles. The molecule has 2 rings (SSSR count). The molecule has 0 aromatic carbocycles. The standard InChI is InChI=1S/C12H22N2/c1-11(9-13-12-5-6-12)10-14-7-3-2-4-8-14/h12-13H,1-10H2. The van der Waals surface area contributed by atoms with Crippen molar-refractivity contribution in [2.24, 2.45) is 0 Å². The van der Waals surface area contributed by atoms with Gasteiger partial charge in [0.15, 0.2) is 0 Å². The van der Waals surface area contributed by atoms with Gasteiger partial charge in [0.2, 0.25) is 0 Å². The van der Waals surface area contributed by atoms with Crippen molar-refractivity contribution in [3.8, 4) is 0 Å². The van der Waals surface area contributed by atoms with E-state index >= 15 is 0 Å². The predicted molar refractivity (Wildman–Crippen MR) is 60.5 cm³/mol. The molecule has 14 heavy (non-hydrogen) atoms. The van der Waals surface area contributed by atoms with Crippen LogP contribution in [-0.2, 0) is 0 Å². The highest BCUT2D eigenvalue weighted by Crippen LogP contribution is 2.18. The Balaban J connectivity index is 1.59. The molecule has 2 nitrogen and oxygen atoms in total. The smallest absolute Gasteiger partial charge is 0.0202 e. The van der Waals surface area contributed by atoms with Crippen LogP contribution in [0.2, 0.25) is 0 Å². The van der Waals surface area contributed by atoms with Crippen molar-refractivity contribution in [3.05, 3.63) is 12.2 Å². The molecule has 1 saturated carbocycles. The molecule has 1 heterocycles. The quantitative estimate of drug-likeness (QED) is 0.671. The number of rotatable bonds is 5. The highest BCUT2D eigenvalue weighted by Gasteiger charge is 2.20. The van der Waals surface area contributed by atoms with Gasteiger partial charge in [0.05, 0.1) is 0 Å². The summed E-state index contributed by atoms with van der Waals surface area (Å²) in [6, 6.07) is 0.813. The van der Waals surface area contributed by atoms with Crippen LogP contribution >= 0.6 is 0 Å². The van der Waals surface area contributed by atoms with Gasteiger partial charge in [-0.25, -0.2) is 0 Å². The SMILES string of the molecule is C=C(CNC1CC1)CN1CCCCC1. The van der Waals surface area contributed by atoms with Crippen molar-refractivity contribution in [2.45, 2.75) is 38.1 Å². The first-order valence-electron chi connectivity index (χ1n) is 5.97. The van der Waals surface area contributed by atoms with Crippen LogP contribution in [0.25, 0.3) is 0 Å². The molecule has 1 N–H and O–H groups in total. The molecule has 0 aromatic heterocycles. The zero-order chi connectivity index (χ0) is 9.80. The molecule has 1 aliphatic heterocycles.